The number of nitrogens with zero attached hydrogens (tertiary/aromatic N) is 1. The van der Waals surface area contributed by atoms with Gasteiger partial charge in [-0.3, -0.25) is 4.79 Å². The molecule has 0 bridgehead atoms. The van der Waals surface area contributed by atoms with Crippen LogP contribution in [0.15, 0.2) is 81.6 Å². The van der Waals surface area contributed by atoms with Crippen LogP contribution >= 0.6 is 39.0 Å². The van der Waals surface area contributed by atoms with E-state index < -0.39 is 5.97 Å². The molecule has 0 spiro atoms. The van der Waals surface area contributed by atoms with Crippen molar-refractivity contribution in [2.75, 3.05) is 6.61 Å². The molecule has 5 aromatic rings. The summed E-state index contributed by atoms with van der Waals surface area (Å²) in [6.45, 7) is 4.05. The Morgan fingerprint density at radius 3 is 2.51 bits per heavy atom. The molecule has 0 saturated heterocycles. The second kappa shape index (κ2) is 10.0. The molecule has 0 amide bonds. The maximum Gasteiger partial charge on any atom is 0.341 e. The standard InChI is InChI=1S/C28H22BrNO3S2/c1-3-33-27(32)22-21-15-17(2)13-14-30(21)24-23(22)26(25(31)19-9-11-20(29)12-10-19)35-28(24)34-16-18-7-5-4-6-8-18/h4-15H,3,16H2,1-2H3. The molecule has 0 aliphatic carbocycles. The van der Waals surface area contributed by atoms with Gasteiger partial charge in [-0.1, -0.05) is 46.3 Å². The molecule has 4 nitrogen and oxygen atoms in total. The van der Waals surface area contributed by atoms with Gasteiger partial charge in [0.1, 0.15) is 0 Å². The Bertz CT molecular complexity index is 1550. The summed E-state index contributed by atoms with van der Waals surface area (Å²) in [6.07, 6.45) is 1.98. The lowest BCUT2D eigenvalue weighted by atomic mass is 10.1. The Hall–Kier alpha value is -2.87. The van der Waals surface area contributed by atoms with Crippen LogP contribution in [0.4, 0.5) is 0 Å². The van der Waals surface area contributed by atoms with E-state index in [4.69, 9.17) is 4.74 Å². The first-order valence-corrected chi connectivity index (χ1v) is 13.8. The molecular weight excluding hydrogens is 542 g/mol. The molecule has 0 atom stereocenters. The minimum absolute atomic E-state index is 0.0998. The number of benzene rings is 2. The largest absolute Gasteiger partial charge is 0.462 e. The van der Waals surface area contributed by atoms with Crippen LogP contribution in [-0.4, -0.2) is 22.8 Å². The van der Waals surface area contributed by atoms with Gasteiger partial charge in [-0.05, 0) is 61.4 Å². The Morgan fingerprint density at radius 1 is 1.06 bits per heavy atom. The van der Waals surface area contributed by atoms with Gasteiger partial charge in [0.05, 0.1) is 32.3 Å². The van der Waals surface area contributed by atoms with Crippen LogP contribution in [0.3, 0.4) is 0 Å². The molecule has 7 heteroatoms. The third-order valence-electron chi connectivity index (χ3n) is 5.71. The van der Waals surface area contributed by atoms with Crippen molar-refractivity contribution in [3.8, 4) is 0 Å². The summed E-state index contributed by atoms with van der Waals surface area (Å²) < 4.78 is 9.39. The summed E-state index contributed by atoms with van der Waals surface area (Å²) in [5, 5.41) is 0.669. The van der Waals surface area contributed by atoms with Gasteiger partial charge in [0, 0.05) is 27.4 Å². The van der Waals surface area contributed by atoms with E-state index in [1.807, 2.05) is 60.0 Å². The van der Waals surface area contributed by atoms with Crippen LogP contribution in [0.2, 0.25) is 0 Å². The van der Waals surface area contributed by atoms with Crippen molar-refractivity contribution in [3.63, 3.8) is 0 Å². The summed E-state index contributed by atoms with van der Waals surface area (Å²) in [5.41, 5.74) is 4.90. The highest BCUT2D eigenvalue weighted by Gasteiger charge is 2.29. The molecule has 0 N–H and O–H groups in total. The highest BCUT2D eigenvalue weighted by molar-refractivity contribution is 9.10. The quantitative estimate of drug-likeness (QED) is 0.114. The fourth-order valence-electron chi connectivity index (χ4n) is 4.10. The first-order valence-electron chi connectivity index (χ1n) is 11.2. The predicted octanol–water partition coefficient (Wildman–Crippen LogP) is 7.92. The number of aromatic nitrogens is 1. The molecule has 3 heterocycles. The molecule has 3 aromatic heterocycles. The van der Waals surface area contributed by atoms with E-state index in [0.29, 0.717) is 21.4 Å². The maximum absolute atomic E-state index is 13.8. The van der Waals surface area contributed by atoms with E-state index in [2.05, 4.69) is 28.1 Å². The number of thiophene rings is 1. The third-order valence-corrected chi connectivity index (χ3v) is 8.75. The summed E-state index contributed by atoms with van der Waals surface area (Å²) in [5.74, 6) is 0.251. The van der Waals surface area contributed by atoms with Crippen molar-refractivity contribution in [1.29, 1.82) is 0 Å². The fraction of sp³-hybridized carbons (Fsp3) is 0.143. The fourth-order valence-corrected chi connectivity index (χ4v) is 6.84. The number of ketones is 1. The lowest BCUT2D eigenvalue weighted by Gasteiger charge is -2.05. The van der Waals surface area contributed by atoms with E-state index in [9.17, 15) is 9.59 Å². The Balaban J connectivity index is 1.76. The average Bonchev–Trinajstić information content (AvgIpc) is 3.38. The number of halogens is 1. The first kappa shape index (κ1) is 23.9. The number of thioether (sulfide) groups is 1. The SMILES string of the molecule is CCOC(=O)c1c2c(C(=O)c3ccc(Br)cc3)sc(SCc3ccccc3)c2n2ccc(C)cc12. The first-order chi connectivity index (χ1) is 17.0. The number of fused-ring (bicyclic) bond motifs is 3. The summed E-state index contributed by atoms with van der Waals surface area (Å²) >= 11 is 6.57. The third kappa shape index (κ3) is 4.56. The number of hydrogen-bond acceptors (Lipinski definition) is 5. The van der Waals surface area contributed by atoms with Crippen molar-refractivity contribution in [1.82, 2.24) is 4.40 Å². The molecule has 0 unspecified atom stereocenters. The number of ether oxygens (including phenoxy) is 1. The number of esters is 1. The number of aryl methyl sites for hydroxylation is 1. The van der Waals surface area contributed by atoms with Crippen LogP contribution in [0, 0.1) is 6.92 Å². The van der Waals surface area contributed by atoms with Crippen molar-refractivity contribution in [2.45, 2.75) is 23.8 Å². The Kier molecular flexibility index (Phi) is 6.82. The number of carbonyl (C=O) groups excluding carboxylic acids is 2. The average molecular weight is 565 g/mol. The zero-order valence-electron chi connectivity index (χ0n) is 19.2. The number of rotatable bonds is 7. The number of carbonyl (C=O) groups is 2. The van der Waals surface area contributed by atoms with Crippen LogP contribution in [0.1, 0.15) is 43.6 Å². The topological polar surface area (TPSA) is 47.8 Å². The van der Waals surface area contributed by atoms with Crippen LogP contribution < -0.4 is 0 Å². The highest BCUT2D eigenvalue weighted by atomic mass is 79.9. The molecular formula is C28H22BrNO3S2. The smallest absolute Gasteiger partial charge is 0.341 e. The highest BCUT2D eigenvalue weighted by Crippen LogP contribution is 2.44. The van der Waals surface area contributed by atoms with E-state index in [-0.39, 0.29) is 12.4 Å². The van der Waals surface area contributed by atoms with E-state index in [0.717, 1.165) is 31.0 Å². The van der Waals surface area contributed by atoms with Gasteiger partial charge >= 0.3 is 5.97 Å². The molecule has 0 fully saturated rings. The van der Waals surface area contributed by atoms with Crippen LogP contribution in [-0.2, 0) is 10.5 Å². The molecule has 5 rings (SSSR count). The molecule has 2 aromatic carbocycles. The van der Waals surface area contributed by atoms with Gasteiger partial charge in [0.15, 0.2) is 0 Å². The summed E-state index contributed by atoms with van der Waals surface area (Å²) in [6, 6.07) is 21.6. The monoisotopic (exact) mass is 563 g/mol. The predicted molar refractivity (Wildman–Crippen MR) is 147 cm³/mol. The lowest BCUT2D eigenvalue weighted by molar-refractivity contribution is 0.0531. The summed E-state index contributed by atoms with van der Waals surface area (Å²) in [4.78, 5) is 27.6. The molecule has 176 valence electrons. The van der Waals surface area contributed by atoms with Gasteiger partial charge in [-0.2, -0.15) is 0 Å². The van der Waals surface area contributed by atoms with Gasteiger partial charge in [0.25, 0.3) is 0 Å². The number of pyridine rings is 1. The minimum Gasteiger partial charge on any atom is -0.462 e. The zero-order valence-corrected chi connectivity index (χ0v) is 22.4. The Morgan fingerprint density at radius 2 is 1.80 bits per heavy atom. The van der Waals surface area contributed by atoms with Crippen LogP contribution in [0.25, 0.3) is 16.4 Å². The molecule has 0 aliphatic rings. The summed E-state index contributed by atoms with van der Waals surface area (Å²) in [7, 11) is 0. The molecule has 0 saturated carbocycles. The van der Waals surface area contributed by atoms with Crippen molar-refractivity contribution < 1.29 is 14.3 Å². The van der Waals surface area contributed by atoms with Gasteiger partial charge in [-0.15, -0.1) is 23.1 Å². The minimum atomic E-state index is -0.409. The van der Waals surface area contributed by atoms with Crippen molar-refractivity contribution in [2.24, 2.45) is 0 Å². The van der Waals surface area contributed by atoms with E-state index in [1.165, 1.54) is 16.9 Å². The van der Waals surface area contributed by atoms with Crippen molar-refractivity contribution >= 4 is 67.2 Å². The second-order valence-corrected chi connectivity index (χ2v) is 11.3. The maximum atomic E-state index is 13.8. The van der Waals surface area contributed by atoms with Crippen LogP contribution in [0.5, 0.6) is 0 Å². The Labute approximate surface area is 220 Å². The second-order valence-electron chi connectivity index (χ2n) is 8.11. The number of hydrogen-bond donors (Lipinski definition) is 0. The van der Waals surface area contributed by atoms with E-state index >= 15 is 0 Å². The normalized spacial score (nSPS) is 11.3. The van der Waals surface area contributed by atoms with Gasteiger partial charge in [0.2, 0.25) is 5.78 Å². The van der Waals surface area contributed by atoms with E-state index in [1.54, 1.807) is 30.8 Å². The van der Waals surface area contributed by atoms with Gasteiger partial charge in [-0.25, -0.2) is 4.79 Å². The van der Waals surface area contributed by atoms with Crippen molar-refractivity contribution in [3.05, 3.63) is 105 Å². The van der Waals surface area contributed by atoms with Gasteiger partial charge < -0.3 is 9.14 Å². The lowest BCUT2D eigenvalue weighted by Crippen LogP contribution is -2.06. The molecule has 0 radical (unpaired) electrons. The molecule has 35 heavy (non-hydrogen) atoms. The molecule has 0 aliphatic heterocycles. The zero-order chi connectivity index (χ0) is 24.5.